The van der Waals surface area contributed by atoms with E-state index in [1.807, 2.05) is 72.8 Å². The first-order valence-corrected chi connectivity index (χ1v) is 9.12. The Morgan fingerprint density at radius 3 is 2.37 bits per heavy atom. The highest BCUT2D eigenvalue weighted by molar-refractivity contribution is 6.30. The fourth-order valence-corrected chi connectivity index (χ4v) is 3.39. The van der Waals surface area contributed by atoms with E-state index in [2.05, 4.69) is 29.0 Å². The summed E-state index contributed by atoms with van der Waals surface area (Å²) in [6.45, 7) is 0.749. The van der Waals surface area contributed by atoms with E-state index in [-0.39, 0.29) is 0 Å². The van der Waals surface area contributed by atoms with Gasteiger partial charge in [-0.15, -0.1) is 0 Å². The second kappa shape index (κ2) is 7.53. The monoisotopic (exact) mass is 368 g/mol. The number of allylic oxidation sites excluding steroid dienone is 1. The highest BCUT2D eigenvalue weighted by Gasteiger charge is 2.09. The van der Waals surface area contributed by atoms with Gasteiger partial charge in [0.15, 0.2) is 0 Å². The molecular formula is C24H17ClN2. The molecule has 0 unspecified atom stereocenters. The molecule has 0 bridgehead atoms. The Balaban J connectivity index is 1.79. The molecule has 2 nitrogen and oxygen atoms in total. The summed E-state index contributed by atoms with van der Waals surface area (Å²) in [6.07, 6.45) is 4.08. The van der Waals surface area contributed by atoms with Crippen LogP contribution in [0.15, 0.2) is 85.1 Å². The van der Waals surface area contributed by atoms with E-state index in [9.17, 15) is 5.26 Å². The van der Waals surface area contributed by atoms with Crippen LogP contribution in [0.4, 0.5) is 0 Å². The van der Waals surface area contributed by atoms with E-state index in [1.54, 1.807) is 0 Å². The molecule has 27 heavy (non-hydrogen) atoms. The van der Waals surface area contributed by atoms with Crippen LogP contribution in [0.1, 0.15) is 16.7 Å². The lowest BCUT2D eigenvalue weighted by Crippen LogP contribution is -1.97. The van der Waals surface area contributed by atoms with Crippen LogP contribution < -0.4 is 0 Å². The summed E-state index contributed by atoms with van der Waals surface area (Å²) < 4.78 is 2.21. The quantitative estimate of drug-likeness (QED) is 0.383. The number of hydrogen-bond donors (Lipinski definition) is 0. The second-order valence-electron chi connectivity index (χ2n) is 6.39. The van der Waals surface area contributed by atoms with Crippen molar-refractivity contribution < 1.29 is 0 Å². The van der Waals surface area contributed by atoms with Crippen molar-refractivity contribution in [3.63, 3.8) is 0 Å². The molecule has 0 aliphatic carbocycles. The smallest absolute Gasteiger partial charge is 0.0998 e. The molecule has 0 amide bonds. The van der Waals surface area contributed by atoms with Crippen molar-refractivity contribution in [2.75, 3.05) is 0 Å². The van der Waals surface area contributed by atoms with Gasteiger partial charge in [-0.3, -0.25) is 0 Å². The molecule has 0 aliphatic heterocycles. The van der Waals surface area contributed by atoms with Gasteiger partial charge in [0, 0.05) is 34.2 Å². The van der Waals surface area contributed by atoms with Gasteiger partial charge >= 0.3 is 0 Å². The van der Waals surface area contributed by atoms with E-state index in [4.69, 9.17) is 11.6 Å². The minimum atomic E-state index is 0.657. The molecule has 130 valence electrons. The first-order valence-electron chi connectivity index (χ1n) is 8.74. The fourth-order valence-electron chi connectivity index (χ4n) is 3.26. The summed E-state index contributed by atoms with van der Waals surface area (Å²) >= 11 is 6.00. The first kappa shape index (κ1) is 17.1. The molecule has 0 spiro atoms. The van der Waals surface area contributed by atoms with Crippen molar-refractivity contribution in [3.8, 4) is 6.07 Å². The van der Waals surface area contributed by atoms with Crippen molar-refractivity contribution in [2.24, 2.45) is 0 Å². The summed E-state index contributed by atoms with van der Waals surface area (Å²) in [7, 11) is 0. The predicted octanol–water partition coefficient (Wildman–Crippen LogP) is 6.41. The molecule has 0 saturated heterocycles. The largest absolute Gasteiger partial charge is 0.342 e. The van der Waals surface area contributed by atoms with Crippen LogP contribution in [-0.4, -0.2) is 4.57 Å². The van der Waals surface area contributed by atoms with Gasteiger partial charge in [0.1, 0.15) is 0 Å². The van der Waals surface area contributed by atoms with E-state index < -0.39 is 0 Å². The van der Waals surface area contributed by atoms with Crippen LogP contribution >= 0.6 is 11.6 Å². The third-order valence-electron chi connectivity index (χ3n) is 4.59. The summed E-state index contributed by atoms with van der Waals surface area (Å²) in [6, 6.07) is 28.3. The van der Waals surface area contributed by atoms with Gasteiger partial charge in [0.05, 0.1) is 11.6 Å². The van der Waals surface area contributed by atoms with Gasteiger partial charge in [-0.1, -0.05) is 72.3 Å². The zero-order valence-electron chi connectivity index (χ0n) is 14.6. The summed E-state index contributed by atoms with van der Waals surface area (Å²) in [5, 5.41) is 11.5. The normalized spacial score (nSPS) is 11.5. The number of halogens is 1. The number of para-hydroxylation sites is 1. The van der Waals surface area contributed by atoms with E-state index in [1.165, 1.54) is 5.56 Å². The number of benzene rings is 3. The lowest BCUT2D eigenvalue weighted by atomic mass is 10.0. The summed E-state index contributed by atoms with van der Waals surface area (Å²) in [5.74, 6) is 0. The average Bonchev–Trinajstić information content (AvgIpc) is 3.06. The summed E-state index contributed by atoms with van der Waals surface area (Å²) in [5.41, 5.74) is 4.95. The average molecular weight is 369 g/mol. The van der Waals surface area contributed by atoms with Gasteiger partial charge in [0.2, 0.25) is 0 Å². The Morgan fingerprint density at radius 2 is 1.63 bits per heavy atom. The Hall–Kier alpha value is -3.28. The first-order chi connectivity index (χ1) is 13.2. The third kappa shape index (κ3) is 3.65. The predicted molar refractivity (Wildman–Crippen MR) is 112 cm³/mol. The molecule has 1 heterocycles. The van der Waals surface area contributed by atoms with E-state index >= 15 is 0 Å². The fraction of sp³-hybridized carbons (Fsp3) is 0.0417. The Bertz CT molecular complexity index is 1150. The topological polar surface area (TPSA) is 28.7 Å². The molecular weight excluding hydrogens is 352 g/mol. The van der Waals surface area contributed by atoms with Gasteiger partial charge in [-0.2, -0.15) is 5.26 Å². The summed E-state index contributed by atoms with van der Waals surface area (Å²) in [4.78, 5) is 0. The van der Waals surface area contributed by atoms with E-state index in [0.29, 0.717) is 5.57 Å². The molecule has 0 atom stereocenters. The standard InChI is InChI=1S/C24H17ClN2/c25-22-12-10-18(11-13-22)16-27-17-21(23-8-4-5-9-24(23)27)14-20(15-26)19-6-2-1-3-7-19/h1-14,17H,16H2/b20-14+. The zero-order chi connectivity index (χ0) is 18.6. The third-order valence-corrected chi connectivity index (χ3v) is 4.84. The lowest BCUT2D eigenvalue weighted by molar-refractivity contribution is 0.836. The number of nitrogens with zero attached hydrogens (tertiary/aromatic N) is 2. The van der Waals surface area contributed by atoms with Crippen LogP contribution in [0.3, 0.4) is 0 Å². The maximum Gasteiger partial charge on any atom is 0.0998 e. The molecule has 4 aromatic rings. The zero-order valence-corrected chi connectivity index (χ0v) is 15.4. The van der Waals surface area contributed by atoms with Crippen LogP contribution in [-0.2, 0) is 6.54 Å². The van der Waals surface area contributed by atoms with Crippen molar-refractivity contribution in [1.29, 1.82) is 5.26 Å². The second-order valence-corrected chi connectivity index (χ2v) is 6.83. The highest BCUT2D eigenvalue weighted by Crippen LogP contribution is 2.27. The minimum Gasteiger partial charge on any atom is -0.342 e. The Labute approximate surface area is 163 Å². The van der Waals surface area contributed by atoms with Gasteiger partial charge in [-0.25, -0.2) is 0 Å². The lowest BCUT2D eigenvalue weighted by Gasteiger charge is -2.05. The molecule has 0 radical (unpaired) electrons. The van der Waals surface area contributed by atoms with Crippen molar-refractivity contribution in [1.82, 2.24) is 4.57 Å². The van der Waals surface area contributed by atoms with Crippen LogP contribution in [0.2, 0.25) is 5.02 Å². The molecule has 3 aromatic carbocycles. The number of fused-ring (bicyclic) bond motifs is 1. The molecule has 3 heteroatoms. The molecule has 1 aromatic heterocycles. The number of rotatable bonds is 4. The number of aromatic nitrogens is 1. The Kier molecular flexibility index (Phi) is 4.78. The van der Waals surface area contributed by atoms with Crippen LogP contribution in [0.25, 0.3) is 22.6 Å². The van der Waals surface area contributed by atoms with Crippen molar-refractivity contribution >= 4 is 34.2 Å². The SMILES string of the molecule is N#C/C(=C\c1cn(Cc2ccc(Cl)cc2)c2ccccc12)c1ccccc1. The number of hydrogen-bond acceptors (Lipinski definition) is 1. The Morgan fingerprint density at radius 1 is 0.926 bits per heavy atom. The maximum atomic E-state index is 9.64. The van der Waals surface area contributed by atoms with Crippen LogP contribution in [0.5, 0.6) is 0 Å². The van der Waals surface area contributed by atoms with Gasteiger partial charge in [0.25, 0.3) is 0 Å². The molecule has 0 N–H and O–H groups in total. The highest BCUT2D eigenvalue weighted by atomic mass is 35.5. The molecule has 4 rings (SSSR count). The number of nitriles is 1. The molecule has 0 saturated carbocycles. The van der Waals surface area contributed by atoms with E-state index in [0.717, 1.165) is 33.6 Å². The van der Waals surface area contributed by atoms with Crippen LogP contribution in [0, 0.1) is 11.3 Å². The molecule has 0 aliphatic rings. The van der Waals surface area contributed by atoms with Crippen molar-refractivity contribution in [3.05, 3.63) is 107 Å². The van der Waals surface area contributed by atoms with Crippen molar-refractivity contribution in [2.45, 2.75) is 6.54 Å². The van der Waals surface area contributed by atoms with Gasteiger partial charge < -0.3 is 4.57 Å². The van der Waals surface area contributed by atoms with Gasteiger partial charge in [-0.05, 0) is 35.4 Å². The molecule has 0 fully saturated rings. The minimum absolute atomic E-state index is 0.657. The maximum absolute atomic E-state index is 9.64.